The Morgan fingerprint density at radius 3 is 2.86 bits per heavy atom. The summed E-state index contributed by atoms with van der Waals surface area (Å²) in [5.74, 6) is 0.787. The largest absolute Gasteiger partial charge is 0.356 e. The lowest BCUT2D eigenvalue weighted by atomic mass is 9.96. The van der Waals surface area contributed by atoms with Crippen LogP contribution in [-0.4, -0.2) is 40.1 Å². The molecule has 1 aliphatic rings. The number of rotatable bonds is 5. The molecule has 1 aliphatic heterocycles. The Bertz CT molecular complexity index is 964. The SMILES string of the molecule is Cn1cc(CCNC(=O)C2CCN(c3cnccn3)CC2)c2ccc(F)cc21. The third kappa shape index (κ3) is 3.83. The Hall–Kier alpha value is -2.96. The van der Waals surface area contributed by atoms with Crippen molar-refractivity contribution in [2.24, 2.45) is 13.0 Å². The van der Waals surface area contributed by atoms with Gasteiger partial charge < -0.3 is 14.8 Å². The van der Waals surface area contributed by atoms with Crippen LogP contribution >= 0.6 is 0 Å². The van der Waals surface area contributed by atoms with E-state index in [-0.39, 0.29) is 17.6 Å². The maximum atomic E-state index is 13.4. The fourth-order valence-electron chi connectivity index (χ4n) is 3.93. The lowest BCUT2D eigenvalue weighted by molar-refractivity contribution is -0.125. The number of anilines is 1. The highest BCUT2D eigenvalue weighted by Gasteiger charge is 2.25. The minimum absolute atomic E-state index is 0.0366. The summed E-state index contributed by atoms with van der Waals surface area (Å²) in [4.78, 5) is 23.1. The van der Waals surface area contributed by atoms with Crippen LogP contribution in [0.15, 0.2) is 43.0 Å². The molecule has 3 aromatic rings. The first-order valence-corrected chi connectivity index (χ1v) is 9.64. The van der Waals surface area contributed by atoms with Gasteiger partial charge in [0.2, 0.25) is 5.91 Å². The van der Waals surface area contributed by atoms with Gasteiger partial charge in [0, 0.05) is 56.6 Å². The number of piperidine rings is 1. The van der Waals surface area contributed by atoms with Gasteiger partial charge in [0.05, 0.1) is 11.7 Å². The first kappa shape index (κ1) is 18.4. The molecule has 146 valence electrons. The number of amides is 1. The van der Waals surface area contributed by atoms with E-state index in [1.165, 1.54) is 6.07 Å². The van der Waals surface area contributed by atoms with Crippen molar-refractivity contribution in [3.8, 4) is 0 Å². The number of nitrogens with one attached hydrogen (secondary N) is 1. The fraction of sp³-hybridized carbons (Fsp3) is 0.381. The zero-order valence-corrected chi connectivity index (χ0v) is 15.9. The van der Waals surface area contributed by atoms with Crippen molar-refractivity contribution in [2.75, 3.05) is 24.5 Å². The first-order valence-electron chi connectivity index (χ1n) is 9.64. The number of aryl methyl sites for hydroxylation is 1. The van der Waals surface area contributed by atoms with E-state index in [1.807, 2.05) is 23.9 Å². The molecular formula is C21H24FN5O. The van der Waals surface area contributed by atoms with Crippen molar-refractivity contribution in [3.05, 3.63) is 54.4 Å². The van der Waals surface area contributed by atoms with Crippen molar-refractivity contribution in [1.29, 1.82) is 0 Å². The van der Waals surface area contributed by atoms with Gasteiger partial charge in [-0.25, -0.2) is 9.37 Å². The smallest absolute Gasteiger partial charge is 0.223 e. The monoisotopic (exact) mass is 381 g/mol. The van der Waals surface area contributed by atoms with E-state index in [2.05, 4.69) is 20.2 Å². The van der Waals surface area contributed by atoms with Gasteiger partial charge in [0.15, 0.2) is 0 Å². The highest BCUT2D eigenvalue weighted by Crippen LogP contribution is 2.23. The lowest BCUT2D eigenvalue weighted by Gasteiger charge is -2.31. The van der Waals surface area contributed by atoms with E-state index >= 15 is 0 Å². The van der Waals surface area contributed by atoms with Gasteiger partial charge in [0.25, 0.3) is 0 Å². The summed E-state index contributed by atoms with van der Waals surface area (Å²) in [7, 11) is 1.91. The number of hydrogen-bond acceptors (Lipinski definition) is 4. The second-order valence-electron chi connectivity index (χ2n) is 7.29. The van der Waals surface area contributed by atoms with Crippen LogP contribution in [0.1, 0.15) is 18.4 Å². The summed E-state index contributed by atoms with van der Waals surface area (Å²) in [5, 5.41) is 4.11. The normalized spacial score (nSPS) is 15.1. The van der Waals surface area contributed by atoms with Crippen molar-refractivity contribution in [3.63, 3.8) is 0 Å². The zero-order chi connectivity index (χ0) is 19.5. The maximum Gasteiger partial charge on any atom is 0.223 e. The first-order chi connectivity index (χ1) is 13.6. The Labute approximate surface area is 163 Å². The van der Waals surface area contributed by atoms with E-state index in [4.69, 9.17) is 0 Å². The molecule has 0 saturated carbocycles. The van der Waals surface area contributed by atoms with Crippen LogP contribution in [0.2, 0.25) is 0 Å². The number of aromatic nitrogens is 3. The minimum Gasteiger partial charge on any atom is -0.356 e. The molecule has 1 amide bonds. The molecule has 7 heteroatoms. The summed E-state index contributed by atoms with van der Waals surface area (Å²) < 4.78 is 15.4. The molecule has 0 radical (unpaired) electrons. The third-order valence-corrected chi connectivity index (χ3v) is 5.47. The van der Waals surface area contributed by atoms with Gasteiger partial charge in [0.1, 0.15) is 11.6 Å². The molecule has 0 unspecified atom stereocenters. The Balaban J connectivity index is 1.29. The van der Waals surface area contributed by atoms with Crippen LogP contribution in [0, 0.1) is 11.7 Å². The molecule has 0 spiro atoms. The molecule has 0 aliphatic carbocycles. The second kappa shape index (κ2) is 7.96. The van der Waals surface area contributed by atoms with Crippen molar-refractivity contribution >= 4 is 22.6 Å². The molecule has 1 fully saturated rings. The molecule has 2 aromatic heterocycles. The summed E-state index contributed by atoms with van der Waals surface area (Å²) in [5.41, 5.74) is 1.99. The number of benzene rings is 1. The lowest BCUT2D eigenvalue weighted by Crippen LogP contribution is -2.41. The molecule has 6 nitrogen and oxygen atoms in total. The third-order valence-electron chi connectivity index (χ3n) is 5.47. The van der Waals surface area contributed by atoms with Gasteiger partial charge in [-0.15, -0.1) is 0 Å². The summed E-state index contributed by atoms with van der Waals surface area (Å²) >= 11 is 0. The highest BCUT2D eigenvalue weighted by atomic mass is 19.1. The van der Waals surface area contributed by atoms with Gasteiger partial charge >= 0.3 is 0 Å². The van der Waals surface area contributed by atoms with Crippen LogP contribution in [-0.2, 0) is 18.3 Å². The van der Waals surface area contributed by atoms with Gasteiger partial charge in [-0.3, -0.25) is 9.78 Å². The molecule has 1 aromatic carbocycles. The maximum absolute atomic E-state index is 13.4. The Kier molecular flexibility index (Phi) is 5.23. The second-order valence-corrected chi connectivity index (χ2v) is 7.29. The minimum atomic E-state index is -0.235. The van der Waals surface area contributed by atoms with Crippen molar-refractivity contribution < 1.29 is 9.18 Å². The Morgan fingerprint density at radius 1 is 1.29 bits per heavy atom. The predicted molar refractivity (Wildman–Crippen MR) is 107 cm³/mol. The summed E-state index contributed by atoms with van der Waals surface area (Å²) in [6.45, 7) is 2.21. The molecule has 0 atom stereocenters. The van der Waals surface area contributed by atoms with Crippen LogP contribution < -0.4 is 10.2 Å². The van der Waals surface area contributed by atoms with Crippen LogP contribution in [0.3, 0.4) is 0 Å². The highest BCUT2D eigenvalue weighted by molar-refractivity contribution is 5.84. The molecular weight excluding hydrogens is 357 g/mol. The number of hydrogen-bond donors (Lipinski definition) is 1. The number of carbonyl (C=O) groups excluding carboxylic acids is 1. The standard InChI is InChI=1S/C21H24FN5O/c1-26-14-16(18-3-2-17(22)12-19(18)26)4-7-25-21(28)15-5-10-27(11-6-15)20-13-23-8-9-24-20/h2-3,8-9,12-15H,4-7,10-11H2,1H3,(H,25,28). The molecule has 0 bridgehead atoms. The van der Waals surface area contributed by atoms with Crippen LogP contribution in [0.4, 0.5) is 10.2 Å². The van der Waals surface area contributed by atoms with E-state index in [1.54, 1.807) is 24.7 Å². The number of fused-ring (bicyclic) bond motifs is 1. The summed E-state index contributed by atoms with van der Waals surface area (Å²) in [6.07, 6.45) is 9.48. The number of carbonyl (C=O) groups is 1. The van der Waals surface area contributed by atoms with Crippen LogP contribution in [0.25, 0.3) is 10.9 Å². The predicted octanol–water partition coefficient (Wildman–Crippen LogP) is 2.68. The van der Waals surface area contributed by atoms with Crippen molar-refractivity contribution in [1.82, 2.24) is 19.9 Å². The van der Waals surface area contributed by atoms with E-state index in [0.29, 0.717) is 6.54 Å². The molecule has 4 rings (SSSR count). The van der Waals surface area contributed by atoms with Crippen molar-refractivity contribution in [2.45, 2.75) is 19.3 Å². The number of nitrogens with zero attached hydrogens (tertiary/aromatic N) is 4. The molecule has 3 heterocycles. The average molecular weight is 381 g/mol. The fourth-order valence-corrected chi connectivity index (χ4v) is 3.93. The zero-order valence-electron chi connectivity index (χ0n) is 15.9. The molecule has 1 N–H and O–H groups in total. The quantitative estimate of drug-likeness (QED) is 0.738. The van der Waals surface area contributed by atoms with E-state index in [0.717, 1.165) is 54.6 Å². The Morgan fingerprint density at radius 2 is 2.11 bits per heavy atom. The van der Waals surface area contributed by atoms with Gasteiger partial charge in [-0.1, -0.05) is 0 Å². The topological polar surface area (TPSA) is 63.1 Å². The summed E-state index contributed by atoms with van der Waals surface area (Å²) in [6, 6.07) is 4.83. The van der Waals surface area contributed by atoms with Crippen LogP contribution in [0.5, 0.6) is 0 Å². The van der Waals surface area contributed by atoms with Gasteiger partial charge in [-0.2, -0.15) is 0 Å². The number of halogens is 1. The van der Waals surface area contributed by atoms with Gasteiger partial charge in [-0.05, 0) is 43.0 Å². The van der Waals surface area contributed by atoms with E-state index < -0.39 is 0 Å². The average Bonchev–Trinajstić information content (AvgIpc) is 3.03. The van der Waals surface area contributed by atoms with E-state index in [9.17, 15) is 9.18 Å². The molecule has 28 heavy (non-hydrogen) atoms. The molecule has 1 saturated heterocycles.